The van der Waals surface area contributed by atoms with Gasteiger partial charge in [0.15, 0.2) is 0 Å². The summed E-state index contributed by atoms with van der Waals surface area (Å²) in [6.07, 6.45) is 4.80. The van der Waals surface area contributed by atoms with Gasteiger partial charge in [-0.15, -0.1) is 6.42 Å². The minimum Gasteiger partial charge on any atom is -0.444 e. The van der Waals surface area contributed by atoms with E-state index in [-0.39, 0.29) is 5.91 Å². The molecule has 2 N–H and O–H groups in total. The van der Waals surface area contributed by atoms with Gasteiger partial charge in [0.2, 0.25) is 5.91 Å². The van der Waals surface area contributed by atoms with Crippen LogP contribution in [0.3, 0.4) is 0 Å². The third-order valence-corrected chi connectivity index (χ3v) is 5.37. The Balaban J connectivity index is 2.51. The molecule has 0 saturated heterocycles. The molecule has 7 heteroatoms. The number of amides is 3. The van der Waals surface area contributed by atoms with Crippen LogP contribution in [0.15, 0.2) is 48.5 Å². The molecule has 0 aliphatic rings. The van der Waals surface area contributed by atoms with Crippen LogP contribution < -0.4 is 10.6 Å². The summed E-state index contributed by atoms with van der Waals surface area (Å²) in [5.41, 5.74) is 1.29. The van der Waals surface area contributed by atoms with Crippen LogP contribution in [-0.4, -0.2) is 40.0 Å². The van der Waals surface area contributed by atoms with Crippen molar-refractivity contribution in [3.63, 3.8) is 0 Å². The van der Waals surface area contributed by atoms with Crippen molar-refractivity contribution in [2.45, 2.75) is 78.6 Å². The predicted molar refractivity (Wildman–Crippen MR) is 142 cm³/mol. The fraction of sp³-hybridized carbons (Fsp3) is 0.414. The number of aryl methyl sites for hydroxylation is 1. The number of carbonyl (C=O) groups is 3. The normalized spacial score (nSPS) is 13.1. The highest BCUT2D eigenvalue weighted by Crippen LogP contribution is 2.31. The first-order valence-corrected chi connectivity index (χ1v) is 11.9. The van der Waals surface area contributed by atoms with E-state index >= 15 is 0 Å². The predicted octanol–water partition coefficient (Wildman–Crippen LogP) is 5.20. The lowest BCUT2D eigenvalue weighted by Gasteiger charge is -2.42. The number of benzene rings is 2. The second kappa shape index (κ2) is 11.3. The third kappa shape index (κ3) is 7.61. The summed E-state index contributed by atoms with van der Waals surface area (Å²) < 4.78 is 5.32. The Morgan fingerprint density at radius 1 is 0.972 bits per heavy atom. The Morgan fingerprint density at radius 3 is 2.06 bits per heavy atom. The van der Waals surface area contributed by atoms with Gasteiger partial charge in [0, 0.05) is 16.8 Å². The standard InChI is InChI=1S/C29H37N3O4/c1-10-21-15-17-22(18-16-21)24(25(33)31-23-14-12-11-13-19(23)2)32(28(4,5)6)26(34)20(3)30-27(35)36-29(7,8)9/h1,11-18,20,24H,2-9H3,(H,30,35)(H,31,33). The maximum Gasteiger partial charge on any atom is 0.408 e. The quantitative estimate of drug-likeness (QED) is 0.544. The molecule has 3 amide bonds. The molecule has 0 aliphatic carbocycles. The Hall–Kier alpha value is -3.79. The number of rotatable bonds is 6. The first-order chi connectivity index (χ1) is 16.6. The maximum absolute atomic E-state index is 13.8. The molecular formula is C29H37N3O4. The van der Waals surface area contributed by atoms with Crippen LogP contribution in [0.2, 0.25) is 0 Å². The number of hydrogen-bond acceptors (Lipinski definition) is 4. The largest absolute Gasteiger partial charge is 0.444 e. The fourth-order valence-corrected chi connectivity index (χ4v) is 3.69. The van der Waals surface area contributed by atoms with Gasteiger partial charge in [0.25, 0.3) is 5.91 Å². The Morgan fingerprint density at radius 2 is 1.56 bits per heavy atom. The van der Waals surface area contributed by atoms with Crippen LogP contribution in [-0.2, 0) is 14.3 Å². The molecule has 0 bridgehead atoms. The molecule has 0 heterocycles. The lowest BCUT2D eigenvalue weighted by molar-refractivity contribution is -0.146. The van der Waals surface area contributed by atoms with Crippen molar-refractivity contribution >= 4 is 23.6 Å². The molecular weight excluding hydrogens is 454 g/mol. The first kappa shape index (κ1) is 28.4. The van der Waals surface area contributed by atoms with E-state index in [4.69, 9.17) is 11.2 Å². The van der Waals surface area contributed by atoms with Gasteiger partial charge in [0.1, 0.15) is 17.7 Å². The molecule has 2 unspecified atom stereocenters. The average Bonchev–Trinajstić information content (AvgIpc) is 2.76. The summed E-state index contributed by atoms with van der Waals surface area (Å²) >= 11 is 0. The molecule has 0 aliphatic heterocycles. The summed E-state index contributed by atoms with van der Waals surface area (Å²) in [4.78, 5) is 41.4. The molecule has 0 fully saturated rings. The van der Waals surface area contributed by atoms with Gasteiger partial charge < -0.3 is 20.3 Å². The highest BCUT2D eigenvalue weighted by Gasteiger charge is 2.40. The van der Waals surface area contributed by atoms with Crippen molar-refractivity contribution in [2.75, 3.05) is 5.32 Å². The van der Waals surface area contributed by atoms with E-state index in [9.17, 15) is 14.4 Å². The summed E-state index contributed by atoms with van der Waals surface area (Å²) in [5.74, 6) is 1.75. The SMILES string of the molecule is C#Cc1ccc(C(C(=O)Nc2ccccc2C)N(C(=O)C(C)NC(=O)OC(C)(C)C)C(C)(C)C)cc1. The summed E-state index contributed by atoms with van der Waals surface area (Å²) in [7, 11) is 0. The lowest BCUT2D eigenvalue weighted by atomic mass is 9.95. The van der Waals surface area contributed by atoms with E-state index in [1.165, 1.54) is 4.90 Å². The lowest BCUT2D eigenvalue weighted by Crippen LogP contribution is -2.57. The zero-order valence-electron chi connectivity index (χ0n) is 22.4. The number of ether oxygens (including phenoxy) is 1. The zero-order valence-corrected chi connectivity index (χ0v) is 22.4. The monoisotopic (exact) mass is 491 g/mol. The van der Waals surface area contributed by atoms with Gasteiger partial charge in [0.05, 0.1) is 0 Å². The highest BCUT2D eigenvalue weighted by atomic mass is 16.6. The van der Waals surface area contributed by atoms with Gasteiger partial charge >= 0.3 is 6.09 Å². The van der Waals surface area contributed by atoms with Crippen LogP contribution in [0.1, 0.15) is 71.2 Å². The van der Waals surface area contributed by atoms with Gasteiger partial charge in [-0.3, -0.25) is 9.59 Å². The Bertz CT molecular complexity index is 1130. The number of para-hydroxylation sites is 1. The van der Waals surface area contributed by atoms with Crippen LogP contribution in [0.4, 0.5) is 10.5 Å². The number of anilines is 1. The minimum absolute atomic E-state index is 0.384. The minimum atomic E-state index is -0.994. The van der Waals surface area contributed by atoms with E-state index in [2.05, 4.69) is 16.6 Å². The summed E-state index contributed by atoms with van der Waals surface area (Å²) in [6, 6.07) is 12.4. The molecule has 2 rings (SSSR count). The van der Waals surface area contributed by atoms with Crippen LogP contribution in [0.25, 0.3) is 0 Å². The van der Waals surface area contributed by atoms with Crippen molar-refractivity contribution in [3.8, 4) is 12.3 Å². The zero-order chi connectivity index (χ0) is 27.3. The van der Waals surface area contributed by atoms with Gasteiger partial charge in [-0.1, -0.05) is 36.3 Å². The van der Waals surface area contributed by atoms with Crippen molar-refractivity contribution in [3.05, 3.63) is 65.2 Å². The molecule has 2 aromatic rings. The number of hydrogen-bond donors (Lipinski definition) is 2. The highest BCUT2D eigenvalue weighted by molar-refractivity contribution is 5.99. The average molecular weight is 492 g/mol. The number of alkyl carbamates (subject to hydrolysis) is 1. The van der Waals surface area contributed by atoms with Crippen molar-refractivity contribution < 1.29 is 19.1 Å². The third-order valence-electron chi connectivity index (χ3n) is 5.37. The number of nitrogens with one attached hydrogen (secondary N) is 2. The summed E-state index contributed by atoms with van der Waals surface area (Å²) in [6.45, 7) is 14.2. The molecule has 0 saturated carbocycles. The molecule has 192 valence electrons. The number of carbonyl (C=O) groups excluding carboxylic acids is 3. The van der Waals surface area contributed by atoms with Crippen molar-refractivity contribution in [1.82, 2.24) is 10.2 Å². The van der Waals surface area contributed by atoms with E-state index in [1.54, 1.807) is 52.0 Å². The van der Waals surface area contributed by atoms with E-state index in [0.29, 0.717) is 16.8 Å². The molecule has 0 aromatic heterocycles. The van der Waals surface area contributed by atoms with E-state index < -0.39 is 35.2 Å². The van der Waals surface area contributed by atoms with Crippen LogP contribution >= 0.6 is 0 Å². The Kier molecular flexibility index (Phi) is 8.93. The van der Waals surface area contributed by atoms with Gasteiger partial charge in [-0.2, -0.15) is 0 Å². The van der Waals surface area contributed by atoms with E-state index in [0.717, 1.165) is 5.56 Å². The van der Waals surface area contributed by atoms with E-state index in [1.807, 2.05) is 52.0 Å². The molecule has 0 spiro atoms. The molecule has 7 nitrogen and oxygen atoms in total. The topological polar surface area (TPSA) is 87.7 Å². The fourth-order valence-electron chi connectivity index (χ4n) is 3.69. The molecule has 36 heavy (non-hydrogen) atoms. The van der Waals surface area contributed by atoms with Crippen molar-refractivity contribution in [2.24, 2.45) is 0 Å². The molecule has 2 aromatic carbocycles. The number of nitrogens with zero attached hydrogens (tertiary/aromatic N) is 1. The second-order valence-corrected chi connectivity index (χ2v) is 10.7. The van der Waals surface area contributed by atoms with Crippen LogP contribution in [0, 0.1) is 19.3 Å². The molecule has 2 atom stereocenters. The van der Waals surface area contributed by atoms with Gasteiger partial charge in [-0.25, -0.2) is 4.79 Å². The maximum atomic E-state index is 13.8. The smallest absolute Gasteiger partial charge is 0.408 e. The van der Waals surface area contributed by atoms with Crippen LogP contribution in [0.5, 0.6) is 0 Å². The number of terminal acetylenes is 1. The van der Waals surface area contributed by atoms with Crippen molar-refractivity contribution in [1.29, 1.82) is 0 Å². The molecule has 0 radical (unpaired) electrons. The van der Waals surface area contributed by atoms with Gasteiger partial charge in [-0.05, 0) is 84.7 Å². The summed E-state index contributed by atoms with van der Waals surface area (Å²) in [5, 5.41) is 5.57. The first-order valence-electron chi connectivity index (χ1n) is 11.9. The Labute approximate surface area is 214 Å². The second-order valence-electron chi connectivity index (χ2n) is 10.7.